The number of hydrogen-bond acceptors (Lipinski definition) is 2. The van der Waals surface area contributed by atoms with Gasteiger partial charge in [-0.1, -0.05) is 12.1 Å². The van der Waals surface area contributed by atoms with E-state index in [4.69, 9.17) is 5.73 Å². The van der Waals surface area contributed by atoms with Crippen molar-refractivity contribution < 1.29 is 0 Å². The van der Waals surface area contributed by atoms with Gasteiger partial charge in [0.25, 0.3) is 0 Å². The summed E-state index contributed by atoms with van der Waals surface area (Å²) in [7, 11) is 0. The Morgan fingerprint density at radius 3 is 2.60 bits per heavy atom. The maximum Gasteiger partial charge on any atom is 0.0711 e. The number of pyridine rings is 1. The normalized spacial score (nSPS) is 13.1. The Balaban J connectivity index is 2.71. The van der Waals surface area contributed by atoms with Crippen molar-refractivity contribution in [2.75, 3.05) is 0 Å². The zero-order valence-corrected chi connectivity index (χ0v) is 9.41. The second-order valence-corrected chi connectivity index (χ2v) is 4.15. The molecule has 0 radical (unpaired) electrons. The Hall–Kier alpha value is -1.41. The summed E-state index contributed by atoms with van der Waals surface area (Å²) in [5, 5.41) is 1.21. The lowest BCUT2D eigenvalue weighted by atomic mass is 10.0. The Morgan fingerprint density at radius 2 is 1.93 bits per heavy atom. The minimum absolute atomic E-state index is 0.0667. The maximum absolute atomic E-state index is 5.85. The summed E-state index contributed by atoms with van der Waals surface area (Å²) in [5.41, 5.74) is 10.4. The quantitative estimate of drug-likeness (QED) is 0.768. The van der Waals surface area contributed by atoms with Crippen LogP contribution < -0.4 is 5.73 Å². The zero-order chi connectivity index (χ0) is 11.0. The van der Waals surface area contributed by atoms with Crippen LogP contribution in [0.15, 0.2) is 24.3 Å². The third kappa shape index (κ3) is 1.85. The number of aromatic nitrogens is 1. The van der Waals surface area contributed by atoms with Crippen LogP contribution >= 0.6 is 0 Å². The Kier molecular flexibility index (Phi) is 2.45. The van der Waals surface area contributed by atoms with Crippen molar-refractivity contribution in [3.05, 3.63) is 41.1 Å². The molecule has 2 aromatic rings. The van der Waals surface area contributed by atoms with Gasteiger partial charge in [-0.3, -0.25) is 4.98 Å². The molecule has 2 rings (SSSR count). The molecule has 2 heteroatoms. The lowest BCUT2D eigenvalue weighted by Crippen LogP contribution is -2.04. The SMILES string of the molecule is Cc1cc(C)c2ccc(C(C)N)cc2n1. The second-order valence-electron chi connectivity index (χ2n) is 4.15. The van der Waals surface area contributed by atoms with E-state index < -0.39 is 0 Å². The minimum Gasteiger partial charge on any atom is -0.324 e. The van der Waals surface area contributed by atoms with Gasteiger partial charge in [-0.25, -0.2) is 0 Å². The number of nitrogens with two attached hydrogens (primary N) is 1. The van der Waals surface area contributed by atoms with E-state index in [1.165, 1.54) is 10.9 Å². The topological polar surface area (TPSA) is 38.9 Å². The van der Waals surface area contributed by atoms with Crippen molar-refractivity contribution in [1.29, 1.82) is 0 Å². The average molecular weight is 200 g/mol. The van der Waals surface area contributed by atoms with Crippen molar-refractivity contribution in [3.63, 3.8) is 0 Å². The Labute approximate surface area is 90.1 Å². The van der Waals surface area contributed by atoms with Crippen LogP contribution in [0, 0.1) is 13.8 Å². The molecule has 0 saturated carbocycles. The van der Waals surface area contributed by atoms with Crippen LogP contribution in [0.2, 0.25) is 0 Å². The van der Waals surface area contributed by atoms with Gasteiger partial charge in [-0.05, 0) is 44.0 Å². The molecule has 0 bridgehead atoms. The Bertz CT molecular complexity index is 501. The third-order valence-electron chi connectivity index (χ3n) is 2.69. The van der Waals surface area contributed by atoms with E-state index in [0.717, 1.165) is 16.8 Å². The van der Waals surface area contributed by atoms with Crippen LogP contribution in [0.4, 0.5) is 0 Å². The summed E-state index contributed by atoms with van der Waals surface area (Å²) in [5.74, 6) is 0. The van der Waals surface area contributed by atoms with Crippen molar-refractivity contribution in [2.24, 2.45) is 5.73 Å². The molecule has 1 aromatic heterocycles. The molecule has 0 amide bonds. The van der Waals surface area contributed by atoms with Gasteiger partial charge in [-0.15, -0.1) is 0 Å². The van der Waals surface area contributed by atoms with Crippen LogP contribution in [0.3, 0.4) is 0 Å². The first-order valence-corrected chi connectivity index (χ1v) is 5.21. The highest BCUT2D eigenvalue weighted by Crippen LogP contribution is 2.21. The van der Waals surface area contributed by atoms with Crippen molar-refractivity contribution in [1.82, 2.24) is 4.98 Å². The zero-order valence-electron chi connectivity index (χ0n) is 9.41. The fourth-order valence-corrected chi connectivity index (χ4v) is 1.87. The summed E-state index contributed by atoms with van der Waals surface area (Å²) in [6.45, 7) is 6.12. The molecule has 1 atom stereocenters. The summed E-state index contributed by atoms with van der Waals surface area (Å²) >= 11 is 0. The largest absolute Gasteiger partial charge is 0.324 e. The second kappa shape index (κ2) is 3.63. The minimum atomic E-state index is 0.0667. The number of rotatable bonds is 1. The van der Waals surface area contributed by atoms with Crippen LogP contribution in [0.1, 0.15) is 29.8 Å². The fourth-order valence-electron chi connectivity index (χ4n) is 1.87. The number of nitrogens with zero attached hydrogens (tertiary/aromatic N) is 1. The van der Waals surface area contributed by atoms with Gasteiger partial charge in [0.1, 0.15) is 0 Å². The summed E-state index contributed by atoms with van der Waals surface area (Å²) in [4.78, 5) is 4.52. The molecule has 0 aliphatic rings. The molecule has 0 saturated heterocycles. The van der Waals surface area contributed by atoms with E-state index in [1.807, 2.05) is 13.8 Å². The molecule has 78 valence electrons. The van der Waals surface area contributed by atoms with Gasteiger partial charge in [0, 0.05) is 17.1 Å². The monoisotopic (exact) mass is 200 g/mol. The van der Waals surface area contributed by atoms with Crippen LogP contribution in [-0.2, 0) is 0 Å². The molecule has 0 fully saturated rings. The molecule has 2 N–H and O–H groups in total. The van der Waals surface area contributed by atoms with Gasteiger partial charge in [0.2, 0.25) is 0 Å². The fraction of sp³-hybridized carbons (Fsp3) is 0.308. The molecule has 0 aliphatic carbocycles. The number of benzene rings is 1. The third-order valence-corrected chi connectivity index (χ3v) is 2.69. The lowest BCUT2D eigenvalue weighted by Gasteiger charge is -2.08. The smallest absolute Gasteiger partial charge is 0.0711 e. The molecule has 1 heterocycles. The van der Waals surface area contributed by atoms with E-state index in [2.05, 4.69) is 36.2 Å². The summed E-state index contributed by atoms with van der Waals surface area (Å²) in [6, 6.07) is 8.44. The van der Waals surface area contributed by atoms with E-state index in [0.29, 0.717) is 0 Å². The predicted molar refractivity (Wildman–Crippen MR) is 63.8 cm³/mol. The van der Waals surface area contributed by atoms with Gasteiger partial charge < -0.3 is 5.73 Å². The molecular weight excluding hydrogens is 184 g/mol. The first-order valence-electron chi connectivity index (χ1n) is 5.21. The Morgan fingerprint density at radius 1 is 1.20 bits per heavy atom. The van der Waals surface area contributed by atoms with Crippen molar-refractivity contribution in [3.8, 4) is 0 Å². The highest BCUT2D eigenvalue weighted by atomic mass is 14.7. The standard InChI is InChI=1S/C13H16N2/c1-8-6-9(2)15-13-7-11(10(3)14)4-5-12(8)13/h4-7,10H,14H2,1-3H3. The van der Waals surface area contributed by atoms with Gasteiger partial charge in [-0.2, -0.15) is 0 Å². The van der Waals surface area contributed by atoms with E-state index in [-0.39, 0.29) is 6.04 Å². The van der Waals surface area contributed by atoms with Crippen LogP contribution in [0.5, 0.6) is 0 Å². The molecule has 2 nitrogen and oxygen atoms in total. The van der Waals surface area contributed by atoms with Crippen molar-refractivity contribution >= 4 is 10.9 Å². The first kappa shape index (κ1) is 10.1. The molecular formula is C13H16N2. The highest BCUT2D eigenvalue weighted by Gasteiger charge is 2.04. The molecule has 1 aromatic carbocycles. The maximum atomic E-state index is 5.85. The van der Waals surface area contributed by atoms with E-state index in [1.54, 1.807) is 0 Å². The van der Waals surface area contributed by atoms with Crippen LogP contribution in [-0.4, -0.2) is 4.98 Å². The molecule has 0 aliphatic heterocycles. The average Bonchev–Trinajstić information content (AvgIpc) is 2.16. The highest BCUT2D eigenvalue weighted by molar-refractivity contribution is 5.82. The van der Waals surface area contributed by atoms with Gasteiger partial charge in [0.15, 0.2) is 0 Å². The molecule has 1 unspecified atom stereocenters. The number of hydrogen-bond donors (Lipinski definition) is 1. The molecule has 15 heavy (non-hydrogen) atoms. The van der Waals surface area contributed by atoms with Crippen LogP contribution in [0.25, 0.3) is 10.9 Å². The molecule has 0 spiro atoms. The van der Waals surface area contributed by atoms with Crippen molar-refractivity contribution in [2.45, 2.75) is 26.8 Å². The summed E-state index contributed by atoms with van der Waals surface area (Å²) < 4.78 is 0. The van der Waals surface area contributed by atoms with Gasteiger partial charge in [0.05, 0.1) is 5.52 Å². The van der Waals surface area contributed by atoms with Gasteiger partial charge >= 0.3 is 0 Å². The number of aryl methyl sites for hydroxylation is 2. The number of fused-ring (bicyclic) bond motifs is 1. The van der Waals surface area contributed by atoms with E-state index in [9.17, 15) is 0 Å². The summed E-state index contributed by atoms with van der Waals surface area (Å²) in [6.07, 6.45) is 0. The van der Waals surface area contributed by atoms with E-state index >= 15 is 0 Å². The lowest BCUT2D eigenvalue weighted by molar-refractivity contribution is 0.819. The predicted octanol–water partition coefficient (Wildman–Crippen LogP) is 2.87. The first-order chi connectivity index (χ1) is 7.08.